The summed E-state index contributed by atoms with van der Waals surface area (Å²) in [6.45, 7) is 4.95. The maximum atomic E-state index is 12.3. The Hall–Kier alpha value is -2.16. The van der Waals surface area contributed by atoms with E-state index >= 15 is 0 Å². The van der Waals surface area contributed by atoms with Gasteiger partial charge < -0.3 is 10.6 Å². The number of guanidine groups is 1. The molecule has 3 rings (SSSR count). The molecule has 2 aromatic heterocycles. The standard InChI is InChI=1S/C17H27N7OS/c1-3-13-11-20-15(26-13)12-21-16(18-2)19-8-6-10-24-17(25)23-9-5-4-7-14(23)22-24/h11H,3-10,12H2,1-2H3,(H2,18,19,21). The van der Waals surface area contributed by atoms with E-state index < -0.39 is 0 Å². The van der Waals surface area contributed by atoms with E-state index in [4.69, 9.17) is 0 Å². The fraction of sp³-hybridized carbons (Fsp3) is 0.647. The third-order valence-electron chi connectivity index (χ3n) is 4.45. The summed E-state index contributed by atoms with van der Waals surface area (Å²) < 4.78 is 3.41. The molecule has 0 saturated carbocycles. The van der Waals surface area contributed by atoms with Crippen molar-refractivity contribution < 1.29 is 0 Å². The molecular weight excluding hydrogens is 350 g/mol. The van der Waals surface area contributed by atoms with Crippen LogP contribution in [-0.2, 0) is 32.5 Å². The van der Waals surface area contributed by atoms with Gasteiger partial charge in [0, 0.05) is 44.2 Å². The summed E-state index contributed by atoms with van der Waals surface area (Å²) in [5.74, 6) is 1.68. The lowest BCUT2D eigenvalue weighted by molar-refractivity contribution is 0.509. The van der Waals surface area contributed by atoms with Crippen LogP contribution < -0.4 is 16.3 Å². The van der Waals surface area contributed by atoms with Gasteiger partial charge in [-0.1, -0.05) is 6.92 Å². The first kappa shape index (κ1) is 18.6. The lowest BCUT2D eigenvalue weighted by Crippen LogP contribution is -2.37. The Kier molecular flexibility index (Phi) is 6.43. The predicted octanol–water partition coefficient (Wildman–Crippen LogP) is 1.16. The van der Waals surface area contributed by atoms with Crippen LogP contribution in [0.3, 0.4) is 0 Å². The smallest absolute Gasteiger partial charge is 0.345 e. The van der Waals surface area contributed by atoms with Crippen LogP contribution in [-0.4, -0.2) is 38.9 Å². The first-order valence-corrected chi connectivity index (χ1v) is 10.1. The minimum absolute atomic E-state index is 0.0257. The van der Waals surface area contributed by atoms with Crippen molar-refractivity contribution in [2.75, 3.05) is 13.6 Å². The number of nitrogens with zero attached hydrogens (tertiary/aromatic N) is 5. The summed E-state index contributed by atoms with van der Waals surface area (Å²) in [5, 5.41) is 12.1. The fourth-order valence-electron chi connectivity index (χ4n) is 3.00. The maximum Gasteiger partial charge on any atom is 0.345 e. The van der Waals surface area contributed by atoms with E-state index in [0.29, 0.717) is 13.1 Å². The number of aliphatic imine (C=N–C) groups is 1. The maximum absolute atomic E-state index is 12.3. The Labute approximate surface area is 157 Å². The number of aryl methyl sites for hydroxylation is 3. The first-order valence-electron chi connectivity index (χ1n) is 9.26. The lowest BCUT2D eigenvalue weighted by Gasteiger charge is -2.10. The molecule has 3 heterocycles. The second-order valence-electron chi connectivity index (χ2n) is 6.31. The van der Waals surface area contributed by atoms with Gasteiger partial charge in [-0.15, -0.1) is 11.3 Å². The second kappa shape index (κ2) is 8.98. The largest absolute Gasteiger partial charge is 0.356 e. The molecule has 9 heteroatoms. The van der Waals surface area contributed by atoms with Crippen LogP contribution in [0, 0.1) is 0 Å². The molecule has 0 unspecified atom stereocenters. The van der Waals surface area contributed by atoms with E-state index in [1.807, 2.05) is 10.8 Å². The van der Waals surface area contributed by atoms with Crippen molar-refractivity contribution in [3.63, 3.8) is 0 Å². The molecule has 0 aromatic carbocycles. The van der Waals surface area contributed by atoms with Gasteiger partial charge in [0.25, 0.3) is 0 Å². The average Bonchev–Trinajstić information content (AvgIpc) is 3.26. The summed E-state index contributed by atoms with van der Waals surface area (Å²) in [7, 11) is 1.75. The minimum atomic E-state index is 0.0257. The van der Waals surface area contributed by atoms with Crippen molar-refractivity contribution in [2.45, 2.75) is 58.7 Å². The molecule has 2 N–H and O–H groups in total. The molecule has 0 spiro atoms. The van der Waals surface area contributed by atoms with Gasteiger partial charge in [0.05, 0.1) is 6.54 Å². The Balaban J connectivity index is 1.42. The highest BCUT2D eigenvalue weighted by molar-refractivity contribution is 7.11. The monoisotopic (exact) mass is 377 g/mol. The van der Waals surface area contributed by atoms with Crippen molar-refractivity contribution in [3.8, 4) is 0 Å². The van der Waals surface area contributed by atoms with Crippen LogP contribution >= 0.6 is 11.3 Å². The Bertz CT molecular complexity index is 804. The topological polar surface area (TPSA) is 89.1 Å². The SMILES string of the molecule is CCc1cnc(CNC(=NC)NCCCn2nc3n(c2=O)CCCC3)s1. The van der Waals surface area contributed by atoms with Crippen LogP contribution in [0.25, 0.3) is 0 Å². The van der Waals surface area contributed by atoms with E-state index in [-0.39, 0.29) is 5.69 Å². The molecule has 26 heavy (non-hydrogen) atoms. The quantitative estimate of drug-likeness (QED) is 0.429. The molecule has 0 bridgehead atoms. The van der Waals surface area contributed by atoms with Crippen LogP contribution in [0.2, 0.25) is 0 Å². The van der Waals surface area contributed by atoms with E-state index in [0.717, 1.165) is 62.0 Å². The molecule has 1 aliphatic heterocycles. The highest BCUT2D eigenvalue weighted by Gasteiger charge is 2.16. The highest BCUT2D eigenvalue weighted by Crippen LogP contribution is 2.12. The van der Waals surface area contributed by atoms with Gasteiger partial charge in [-0.2, -0.15) is 5.10 Å². The molecule has 0 fully saturated rings. The Morgan fingerprint density at radius 2 is 2.27 bits per heavy atom. The zero-order chi connectivity index (χ0) is 18.4. The van der Waals surface area contributed by atoms with Crippen LogP contribution in [0.4, 0.5) is 0 Å². The summed E-state index contributed by atoms with van der Waals surface area (Å²) in [6, 6.07) is 0. The summed E-state index contributed by atoms with van der Waals surface area (Å²) >= 11 is 1.72. The average molecular weight is 378 g/mol. The summed E-state index contributed by atoms with van der Waals surface area (Å²) in [4.78, 5) is 22.2. The number of aromatic nitrogens is 4. The van der Waals surface area contributed by atoms with E-state index in [1.165, 1.54) is 4.88 Å². The van der Waals surface area contributed by atoms with Gasteiger partial charge in [0.2, 0.25) is 0 Å². The normalized spacial score (nSPS) is 14.3. The molecular formula is C17H27N7OS. The zero-order valence-corrected chi connectivity index (χ0v) is 16.3. The predicted molar refractivity (Wildman–Crippen MR) is 104 cm³/mol. The van der Waals surface area contributed by atoms with Crippen molar-refractivity contribution in [3.05, 3.63) is 32.4 Å². The summed E-state index contributed by atoms with van der Waals surface area (Å²) in [6.07, 6.45) is 6.86. The number of fused-ring (bicyclic) bond motifs is 1. The Morgan fingerprint density at radius 3 is 3.00 bits per heavy atom. The molecule has 0 amide bonds. The number of rotatable bonds is 7. The molecule has 142 valence electrons. The van der Waals surface area contributed by atoms with Gasteiger partial charge in [-0.25, -0.2) is 14.5 Å². The van der Waals surface area contributed by atoms with E-state index in [1.54, 1.807) is 23.1 Å². The number of hydrogen-bond acceptors (Lipinski definition) is 5. The molecule has 0 atom stereocenters. The third-order valence-corrected chi connectivity index (χ3v) is 5.59. The van der Waals surface area contributed by atoms with Crippen molar-refractivity contribution in [1.82, 2.24) is 30.0 Å². The van der Waals surface area contributed by atoms with Crippen molar-refractivity contribution in [2.24, 2.45) is 4.99 Å². The van der Waals surface area contributed by atoms with Gasteiger partial charge in [-0.05, 0) is 25.7 Å². The van der Waals surface area contributed by atoms with Gasteiger partial charge in [0.15, 0.2) is 5.96 Å². The van der Waals surface area contributed by atoms with Gasteiger partial charge >= 0.3 is 5.69 Å². The zero-order valence-electron chi connectivity index (χ0n) is 15.5. The van der Waals surface area contributed by atoms with Gasteiger partial charge in [0.1, 0.15) is 10.8 Å². The van der Waals surface area contributed by atoms with Crippen LogP contribution in [0.15, 0.2) is 16.0 Å². The number of hydrogen-bond donors (Lipinski definition) is 2. The molecule has 2 aromatic rings. The van der Waals surface area contributed by atoms with Crippen LogP contribution in [0.1, 0.15) is 41.9 Å². The first-order chi connectivity index (χ1) is 12.7. The Morgan fingerprint density at radius 1 is 1.38 bits per heavy atom. The van der Waals surface area contributed by atoms with Crippen molar-refractivity contribution in [1.29, 1.82) is 0 Å². The van der Waals surface area contributed by atoms with Crippen LogP contribution in [0.5, 0.6) is 0 Å². The van der Waals surface area contributed by atoms with E-state index in [2.05, 4.69) is 32.6 Å². The highest BCUT2D eigenvalue weighted by atomic mass is 32.1. The van der Waals surface area contributed by atoms with Crippen molar-refractivity contribution >= 4 is 17.3 Å². The lowest BCUT2D eigenvalue weighted by atomic mass is 10.2. The molecule has 0 aliphatic carbocycles. The number of nitrogens with one attached hydrogen (secondary N) is 2. The summed E-state index contributed by atoms with van der Waals surface area (Å²) in [5.41, 5.74) is 0.0257. The molecule has 8 nitrogen and oxygen atoms in total. The molecule has 0 radical (unpaired) electrons. The second-order valence-corrected chi connectivity index (χ2v) is 7.51. The fourth-order valence-corrected chi connectivity index (χ4v) is 3.81. The third kappa shape index (κ3) is 4.51. The van der Waals surface area contributed by atoms with E-state index in [9.17, 15) is 4.79 Å². The molecule has 1 aliphatic rings. The minimum Gasteiger partial charge on any atom is -0.356 e. The van der Waals surface area contributed by atoms with Gasteiger partial charge in [-0.3, -0.25) is 9.56 Å². The molecule has 0 saturated heterocycles. The number of thiazole rings is 1.